The molecule has 3 rings (SSSR count). The number of benzene rings is 1. The Bertz CT molecular complexity index is 568. The molecule has 0 bridgehead atoms. The molecular weight excluding hydrogens is 292 g/mol. The second-order valence-electron chi connectivity index (χ2n) is 5.18. The number of carbonyl (C=O) groups is 2. The van der Waals surface area contributed by atoms with Crippen LogP contribution in [0.3, 0.4) is 0 Å². The maximum atomic E-state index is 12.1. The molecule has 0 amide bonds. The van der Waals surface area contributed by atoms with Gasteiger partial charge in [0, 0.05) is 0 Å². The monoisotopic (exact) mass is 308 g/mol. The fraction of sp³-hybridized carbons (Fsp3) is 0.467. The third-order valence-corrected chi connectivity index (χ3v) is 3.78. The maximum absolute atomic E-state index is 12.1. The number of rotatable bonds is 3. The second kappa shape index (κ2) is 6.04. The standard InChI is InChI=1S/C15H16O7/c1-19-14(17)8-2-4-9(5-3-8)15(18)22-11-7-21-12-10(16)6-20-13(11)12/h2-5,10-13,16H,6-7H2,1H3/t10-,11-,12?,13?/m0/s1. The highest BCUT2D eigenvalue weighted by Crippen LogP contribution is 2.29. The molecule has 1 aromatic rings. The molecule has 1 N–H and O–H groups in total. The fourth-order valence-electron chi connectivity index (χ4n) is 2.61. The smallest absolute Gasteiger partial charge is 0.338 e. The van der Waals surface area contributed by atoms with E-state index in [4.69, 9.17) is 14.2 Å². The number of aliphatic hydroxyl groups excluding tert-OH is 1. The van der Waals surface area contributed by atoms with Crippen LogP contribution in [0.4, 0.5) is 0 Å². The third-order valence-electron chi connectivity index (χ3n) is 3.78. The lowest BCUT2D eigenvalue weighted by atomic mass is 10.1. The summed E-state index contributed by atoms with van der Waals surface area (Å²) in [6.07, 6.45) is -2.12. The molecule has 2 fully saturated rings. The predicted octanol–water partition coefficient (Wildman–Crippen LogP) is 0.157. The van der Waals surface area contributed by atoms with Crippen molar-refractivity contribution >= 4 is 11.9 Å². The summed E-state index contributed by atoms with van der Waals surface area (Å²) in [5, 5.41) is 9.64. The molecule has 2 unspecified atom stereocenters. The van der Waals surface area contributed by atoms with E-state index in [1.165, 1.54) is 31.4 Å². The first-order valence-electron chi connectivity index (χ1n) is 6.91. The van der Waals surface area contributed by atoms with Crippen LogP contribution in [0.2, 0.25) is 0 Å². The summed E-state index contributed by atoms with van der Waals surface area (Å²) < 4.78 is 20.7. The number of aliphatic hydroxyl groups is 1. The van der Waals surface area contributed by atoms with Crippen LogP contribution in [0.15, 0.2) is 24.3 Å². The van der Waals surface area contributed by atoms with E-state index in [1.54, 1.807) is 0 Å². The molecule has 0 spiro atoms. The zero-order valence-electron chi connectivity index (χ0n) is 11.9. The van der Waals surface area contributed by atoms with E-state index in [1.807, 2.05) is 0 Å². The van der Waals surface area contributed by atoms with Crippen molar-refractivity contribution in [3.63, 3.8) is 0 Å². The third kappa shape index (κ3) is 2.70. The molecule has 0 aromatic heterocycles. The number of fused-ring (bicyclic) bond motifs is 1. The molecule has 2 aliphatic heterocycles. The first-order valence-corrected chi connectivity index (χ1v) is 6.91. The van der Waals surface area contributed by atoms with Gasteiger partial charge in [0.1, 0.15) is 18.3 Å². The van der Waals surface area contributed by atoms with Gasteiger partial charge in [0.05, 0.1) is 31.5 Å². The van der Waals surface area contributed by atoms with Gasteiger partial charge in [0.25, 0.3) is 0 Å². The average molecular weight is 308 g/mol. The summed E-state index contributed by atoms with van der Waals surface area (Å²) in [5.41, 5.74) is 0.667. The zero-order valence-corrected chi connectivity index (χ0v) is 11.9. The van der Waals surface area contributed by atoms with Crippen LogP contribution in [-0.4, -0.2) is 61.8 Å². The molecule has 118 valence electrons. The van der Waals surface area contributed by atoms with Crippen molar-refractivity contribution in [2.75, 3.05) is 20.3 Å². The van der Waals surface area contributed by atoms with E-state index in [-0.39, 0.29) is 13.2 Å². The quantitative estimate of drug-likeness (QED) is 0.795. The minimum atomic E-state index is -0.687. The number of ether oxygens (including phenoxy) is 4. The highest BCUT2D eigenvalue weighted by Gasteiger charge is 2.48. The lowest BCUT2D eigenvalue weighted by molar-refractivity contribution is -0.0209. The summed E-state index contributed by atoms with van der Waals surface area (Å²) in [6.45, 7) is 0.371. The average Bonchev–Trinajstić information content (AvgIpc) is 3.11. The highest BCUT2D eigenvalue weighted by atomic mass is 16.6. The van der Waals surface area contributed by atoms with E-state index >= 15 is 0 Å². The normalized spacial score (nSPS) is 29.9. The molecule has 2 heterocycles. The van der Waals surface area contributed by atoms with Crippen LogP contribution in [0.25, 0.3) is 0 Å². The van der Waals surface area contributed by atoms with Crippen molar-refractivity contribution < 1.29 is 33.6 Å². The largest absolute Gasteiger partial charge is 0.465 e. The van der Waals surface area contributed by atoms with E-state index in [0.717, 1.165) is 0 Å². The van der Waals surface area contributed by atoms with Crippen LogP contribution < -0.4 is 0 Å². The Morgan fingerprint density at radius 1 is 1.05 bits per heavy atom. The van der Waals surface area contributed by atoms with Crippen molar-refractivity contribution in [2.45, 2.75) is 24.4 Å². The molecule has 2 aliphatic rings. The van der Waals surface area contributed by atoms with Gasteiger partial charge in [-0.2, -0.15) is 0 Å². The van der Waals surface area contributed by atoms with Gasteiger partial charge in [-0.25, -0.2) is 9.59 Å². The number of hydrogen-bond donors (Lipinski definition) is 1. The Morgan fingerprint density at radius 3 is 2.27 bits per heavy atom. The van der Waals surface area contributed by atoms with E-state index < -0.39 is 36.4 Å². The number of hydrogen-bond acceptors (Lipinski definition) is 7. The molecule has 22 heavy (non-hydrogen) atoms. The summed E-state index contributed by atoms with van der Waals surface area (Å²) >= 11 is 0. The van der Waals surface area contributed by atoms with Gasteiger partial charge in [0.15, 0.2) is 6.10 Å². The number of carbonyl (C=O) groups excluding carboxylic acids is 2. The van der Waals surface area contributed by atoms with Crippen molar-refractivity contribution in [1.82, 2.24) is 0 Å². The van der Waals surface area contributed by atoms with Crippen molar-refractivity contribution in [2.24, 2.45) is 0 Å². The lowest BCUT2D eigenvalue weighted by Crippen LogP contribution is -2.34. The molecular formula is C15H16O7. The minimum absolute atomic E-state index is 0.178. The molecule has 0 saturated carbocycles. The van der Waals surface area contributed by atoms with Crippen LogP contribution in [0.5, 0.6) is 0 Å². The molecule has 1 aromatic carbocycles. The molecule has 4 atom stereocenters. The first-order chi connectivity index (χ1) is 10.6. The second-order valence-corrected chi connectivity index (χ2v) is 5.18. The molecule has 0 radical (unpaired) electrons. The maximum Gasteiger partial charge on any atom is 0.338 e. The Morgan fingerprint density at radius 2 is 1.64 bits per heavy atom. The van der Waals surface area contributed by atoms with Crippen LogP contribution >= 0.6 is 0 Å². The van der Waals surface area contributed by atoms with Gasteiger partial charge in [-0.15, -0.1) is 0 Å². The fourth-order valence-corrected chi connectivity index (χ4v) is 2.61. The Balaban J connectivity index is 1.64. The molecule has 7 nitrogen and oxygen atoms in total. The highest BCUT2D eigenvalue weighted by molar-refractivity contribution is 5.93. The van der Waals surface area contributed by atoms with E-state index in [9.17, 15) is 14.7 Å². The topological polar surface area (TPSA) is 91.3 Å². The Labute approximate surface area is 126 Å². The van der Waals surface area contributed by atoms with Crippen molar-refractivity contribution in [3.8, 4) is 0 Å². The zero-order chi connectivity index (χ0) is 15.7. The predicted molar refractivity (Wildman–Crippen MR) is 72.5 cm³/mol. The molecule has 7 heteroatoms. The van der Waals surface area contributed by atoms with Crippen molar-refractivity contribution in [3.05, 3.63) is 35.4 Å². The van der Waals surface area contributed by atoms with E-state index in [2.05, 4.69) is 4.74 Å². The summed E-state index contributed by atoms with van der Waals surface area (Å²) in [4.78, 5) is 23.4. The minimum Gasteiger partial charge on any atom is -0.465 e. The number of methoxy groups -OCH3 is 1. The Hall–Kier alpha value is -1.96. The van der Waals surface area contributed by atoms with Gasteiger partial charge in [-0.05, 0) is 24.3 Å². The van der Waals surface area contributed by atoms with Crippen LogP contribution in [0.1, 0.15) is 20.7 Å². The summed E-state index contributed by atoms with van der Waals surface area (Å²) in [7, 11) is 1.29. The van der Waals surface area contributed by atoms with Gasteiger partial charge < -0.3 is 24.1 Å². The Kier molecular flexibility index (Phi) is 4.10. The van der Waals surface area contributed by atoms with Crippen molar-refractivity contribution in [1.29, 1.82) is 0 Å². The van der Waals surface area contributed by atoms with Gasteiger partial charge in [0.2, 0.25) is 0 Å². The first kappa shape index (κ1) is 15.0. The molecule has 2 saturated heterocycles. The lowest BCUT2D eigenvalue weighted by Gasteiger charge is -2.16. The summed E-state index contributed by atoms with van der Waals surface area (Å²) in [6, 6.07) is 5.97. The van der Waals surface area contributed by atoms with Crippen LogP contribution in [0, 0.1) is 0 Å². The SMILES string of the molecule is COC(=O)c1ccc(C(=O)O[C@H]2COC3C2OC[C@@H]3O)cc1. The van der Waals surface area contributed by atoms with Crippen LogP contribution in [-0.2, 0) is 18.9 Å². The van der Waals surface area contributed by atoms with E-state index in [0.29, 0.717) is 11.1 Å². The van der Waals surface area contributed by atoms with Gasteiger partial charge in [-0.1, -0.05) is 0 Å². The number of esters is 2. The summed E-state index contributed by atoms with van der Waals surface area (Å²) in [5.74, 6) is -1.00. The van der Waals surface area contributed by atoms with Gasteiger partial charge in [-0.3, -0.25) is 0 Å². The molecule has 0 aliphatic carbocycles. The van der Waals surface area contributed by atoms with Gasteiger partial charge >= 0.3 is 11.9 Å².